The average Bonchev–Trinajstić information content (AvgIpc) is 3.26. The molecule has 0 spiro atoms. The molecule has 0 fully saturated rings. The van der Waals surface area contributed by atoms with Gasteiger partial charge in [-0.05, 0) is 30.7 Å². The smallest absolute Gasteiger partial charge is 0.273 e. The lowest BCUT2D eigenvalue weighted by Crippen LogP contribution is -2.14. The van der Waals surface area contributed by atoms with Crippen molar-refractivity contribution in [3.63, 3.8) is 0 Å². The molecule has 1 heterocycles. The molecule has 0 aliphatic rings. The van der Waals surface area contributed by atoms with Crippen LogP contribution in [-0.2, 0) is 4.79 Å². The minimum absolute atomic E-state index is 0.0168. The van der Waals surface area contributed by atoms with E-state index in [0.29, 0.717) is 40.1 Å². The van der Waals surface area contributed by atoms with Crippen LogP contribution in [0.5, 0.6) is 5.75 Å². The molecule has 40 heavy (non-hydrogen) atoms. The van der Waals surface area contributed by atoms with Crippen LogP contribution in [0.25, 0.3) is 5.69 Å². The Labute approximate surface area is 251 Å². The third kappa shape index (κ3) is 9.79. The molecule has 1 amide bonds. The van der Waals surface area contributed by atoms with E-state index in [1.165, 1.54) is 80.7 Å². The van der Waals surface area contributed by atoms with Gasteiger partial charge in [0.05, 0.1) is 22.8 Å². The van der Waals surface area contributed by atoms with Crippen molar-refractivity contribution in [3.8, 4) is 11.4 Å². The Bertz CT molecular complexity index is 1280. The summed E-state index contributed by atoms with van der Waals surface area (Å²) in [5.41, 5.74) is 1.18. The summed E-state index contributed by atoms with van der Waals surface area (Å²) >= 11 is 18.5. The zero-order valence-electron chi connectivity index (χ0n) is 23.3. The number of aromatic amines is 1. The van der Waals surface area contributed by atoms with Crippen molar-refractivity contribution in [1.82, 2.24) is 9.78 Å². The summed E-state index contributed by atoms with van der Waals surface area (Å²) in [6.45, 7) is 2.25. The van der Waals surface area contributed by atoms with Gasteiger partial charge in [0.25, 0.3) is 5.56 Å². The Balaban J connectivity index is 1.48. The van der Waals surface area contributed by atoms with Gasteiger partial charge < -0.3 is 15.4 Å². The van der Waals surface area contributed by atoms with E-state index in [1.54, 1.807) is 25.3 Å². The van der Waals surface area contributed by atoms with Crippen LogP contribution in [0.4, 0.5) is 17.2 Å². The normalized spacial score (nSPS) is 11.0. The number of ether oxygens (including phenoxy) is 1. The average molecular weight is 610 g/mol. The first-order valence-corrected chi connectivity index (χ1v) is 15.2. The Hall–Kier alpha value is -2.61. The number of carbonyl (C=O) groups is 1. The maximum Gasteiger partial charge on any atom is 0.273 e. The van der Waals surface area contributed by atoms with E-state index in [0.717, 1.165) is 12.8 Å². The highest BCUT2D eigenvalue weighted by molar-refractivity contribution is 6.40. The van der Waals surface area contributed by atoms with E-state index in [1.807, 2.05) is 0 Å². The number of nitrogens with zero attached hydrogens (tertiary/aromatic N) is 1. The van der Waals surface area contributed by atoms with Crippen LogP contribution in [0, 0.1) is 0 Å². The molecule has 0 aliphatic carbocycles. The quantitative estimate of drug-likeness (QED) is 0.133. The van der Waals surface area contributed by atoms with Gasteiger partial charge in [0.15, 0.2) is 0 Å². The lowest BCUT2D eigenvalue weighted by Gasteiger charge is -2.13. The summed E-state index contributed by atoms with van der Waals surface area (Å²) in [6.07, 6.45) is 14.2. The number of unbranched alkanes of at least 4 members (excludes halogenated alkanes) is 10. The summed E-state index contributed by atoms with van der Waals surface area (Å²) in [5, 5.41) is 9.87. The number of H-pyrrole nitrogens is 1. The van der Waals surface area contributed by atoms with E-state index < -0.39 is 0 Å². The fourth-order valence-electron chi connectivity index (χ4n) is 4.56. The molecular weight excluding hydrogens is 571 g/mol. The SMILES string of the molecule is CCCCCCCCCCCCCC(=O)Nc1ccc(Nc2cc(=O)n(-c3c(Cl)cc(Cl)cc3Cl)[nH]2)c(OC)c1. The van der Waals surface area contributed by atoms with Gasteiger partial charge in [0, 0.05) is 29.3 Å². The molecule has 3 aromatic rings. The van der Waals surface area contributed by atoms with E-state index in [4.69, 9.17) is 39.5 Å². The molecule has 0 unspecified atom stereocenters. The van der Waals surface area contributed by atoms with Crippen LogP contribution >= 0.6 is 34.8 Å². The molecule has 10 heteroatoms. The summed E-state index contributed by atoms with van der Waals surface area (Å²) < 4.78 is 6.75. The van der Waals surface area contributed by atoms with E-state index in [2.05, 4.69) is 22.7 Å². The first-order chi connectivity index (χ1) is 19.3. The number of anilines is 3. The van der Waals surface area contributed by atoms with E-state index in [-0.39, 0.29) is 21.5 Å². The van der Waals surface area contributed by atoms with Gasteiger partial charge in [-0.2, -0.15) is 0 Å². The first-order valence-electron chi connectivity index (χ1n) is 14.0. The molecular formula is C30H39Cl3N4O3. The van der Waals surface area contributed by atoms with Crippen LogP contribution in [0.3, 0.4) is 0 Å². The second-order valence-electron chi connectivity index (χ2n) is 9.94. The molecule has 1 aromatic heterocycles. The highest BCUT2D eigenvalue weighted by atomic mass is 35.5. The van der Waals surface area contributed by atoms with Crippen molar-refractivity contribution in [3.05, 3.63) is 61.8 Å². The van der Waals surface area contributed by atoms with Crippen LogP contribution in [-0.4, -0.2) is 22.8 Å². The molecule has 218 valence electrons. The molecule has 3 N–H and O–H groups in total. The lowest BCUT2D eigenvalue weighted by molar-refractivity contribution is -0.116. The zero-order valence-corrected chi connectivity index (χ0v) is 25.5. The Morgan fingerprint density at radius 2 is 1.48 bits per heavy atom. The van der Waals surface area contributed by atoms with Crippen molar-refractivity contribution < 1.29 is 9.53 Å². The predicted molar refractivity (Wildman–Crippen MR) is 167 cm³/mol. The van der Waals surface area contributed by atoms with Crippen LogP contribution in [0.2, 0.25) is 15.1 Å². The number of hydrogen-bond donors (Lipinski definition) is 3. The van der Waals surface area contributed by atoms with Crippen molar-refractivity contribution in [2.45, 2.75) is 84.0 Å². The number of hydrogen-bond acceptors (Lipinski definition) is 4. The molecule has 7 nitrogen and oxygen atoms in total. The number of halogens is 3. The maximum absolute atomic E-state index is 12.6. The minimum Gasteiger partial charge on any atom is -0.494 e. The minimum atomic E-state index is -0.362. The summed E-state index contributed by atoms with van der Waals surface area (Å²) in [7, 11) is 1.54. The summed E-state index contributed by atoms with van der Waals surface area (Å²) in [5.74, 6) is 0.888. The largest absolute Gasteiger partial charge is 0.494 e. The number of benzene rings is 2. The fourth-order valence-corrected chi connectivity index (χ4v) is 5.55. The fraction of sp³-hybridized carbons (Fsp3) is 0.467. The summed E-state index contributed by atoms with van der Waals surface area (Å²) in [6, 6.07) is 9.70. The molecule has 0 radical (unpaired) electrons. The van der Waals surface area contributed by atoms with Crippen molar-refractivity contribution in [1.29, 1.82) is 0 Å². The molecule has 0 atom stereocenters. The number of methoxy groups -OCH3 is 1. The second kappa shape index (κ2) is 16.6. The van der Waals surface area contributed by atoms with Gasteiger partial charge in [-0.1, -0.05) is 106 Å². The number of carbonyl (C=O) groups excluding carboxylic acids is 1. The van der Waals surface area contributed by atoms with Gasteiger partial charge >= 0.3 is 0 Å². The van der Waals surface area contributed by atoms with Crippen molar-refractivity contribution in [2.75, 3.05) is 17.7 Å². The van der Waals surface area contributed by atoms with Gasteiger partial charge in [0.1, 0.15) is 17.3 Å². The highest BCUT2D eigenvalue weighted by Gasteiger charge is 2.15. The van der Waals surface area contributed by atoms with Crippen LogP contribution < -0.4 is 20.9 Å². The van der Waals surface area contributed by atoms with Crippen LogP contribution in [0.1, 0.15) is 84.0 Å². The first kappa shape index (κ1) is 31.9. The topological polar surface area (TPSA) is 88.2 Å². The third-order valence-corrected chi connectivity index (χ3v) is 7.48. The molecule has 0 saturated heterocycles. The Morgan fingerprint density at radius 3 is 2.08 bits per heavy atom. The van der Waals surface area contributed by atoms with Gasteiger partial charge in [-0.15, -0.1) is 0 Å². The van der Waals surface area contributed by atoms with Crippen molar-refractivity contribution in [2.24, 2.45) is 0 Å². The third-order valence-electron chi connectivity index (χ3n) is 6.69. The monoisotopic (exact) mass is 608 g/mol. The van der Waals surface area contributed by atoms with Gasteiger partial charge in [-0.3, -0.25) is 14.7 Å². The molecule has 0 bridgehead atoms. The number of amides is 1. The van der Waals surface area contributed by atoms with Gasteiger partial charge in [0.2, 0.25) is 5.91 Å². The molecule has 2 aromatic carbocycles. The molecule has 0 saturated carbocycles. The Kier molecular flexibility index (Phi) is 13.2. The van der Waals surface area contributed by atoms with Crippen molar-refractivity contribution >= 4 is 57.9 Å². The maximum atomic E-state index is 12.6. The Morgan fingerprint density at radius 1 is 0.875 bits per heavy atom. The van der Waals surface area contributed by atoms with Crippen LogP contribution in [0.15, 0.2) is 41.2 Å². The highest BCUT2D eigenvalue weighted by Crippen LogP contribution is 2.33. The van der Waals surface area contributed by atoms with Gasteiger partial charge in [-0.25, -0.2) is 4.68 Å². The predicted octanol–water partition coefficient (Wildman–Crippen LogP) is 9.52. The standard InChI is InChI=1S/C30H39Cl3N4O3/c1-3-4-5-6-7-8-9-10-11-12-13-14-28(38)34-22-15-16-25(26(19-22)40-2)35-27-20-29(39)37(36-27)30-23(32)17-21(31)18-24(30)33/h15-20,35-36H,3-14H2,1-2H3,(H,34,38). The second-order valence-corrected chi connectivity index (χ2v) is 11.2. The summed E-state index contributed by atoms with van der Waals surface area (Å²) in [4.78, 5) is 25.1. The lowest BCUT2D eigenvalue weighted by atomic mass is 10.1. The number of rotatable bonds is 17. The molecule has 3 rings (SSSR count). The number of aromatic nitrogens is 2. The van der Waals surface area contributed by atoms with E-state index in [9.17, 15) is 9.59 Å². The molecule has 0 aliphatic heterocycles. The zero-order chi connectivity index (χ0) is 28.9. The van der Waals surface area contributed by atoms with E-state index >= 15 is 0 Å². The number of nitrogens with one attached hydrogen (secondary N) is 3.